The minimum Gasteiger partial charge on any atom is -0.216 e. The summed E-state index contributed by atoms with van der Waals surface area (Å²) < 4.78 is 1.45. The normalized spacial score (nSPS) is 9.45. The van der Waals surface area contributed by atoms with Gasteiger partial charge >= 0.3 is 0 Å². The third-order valence-electron chi connectivity index (χ3n) is 1.07. The zero-order valence-corrected chi connectivity index (χ0v) is 7.47. The van der Waals surface area contributed by atoms with Gasteiger partial charge in [0.15, 0.2) is 0 Å². The molecule has 3 heteroatoms. The number of hydrogen-bond donors (Lipinski definition) is 1. The first-order chi connectivity index (χ1) is 5.18. The van der Waals surface area contributed by atoms with Crippen molar-refractivity contribution < 1.29 is 0 Å². The Morgan fingerprint density at radius 1 is 1.64 bits per heavy atom. The molecule has 1 rings (SSSR count). The van der Waals surface area contributed by atoms with Crippen molar-refractivity contribution in [3.8, 4) is 11.8 Å². The maximum atomic E-state index is 3.99. The molecule has 0 spiro atoms. The van der Waals surface area contributed by atoms with E-state index in [9.17, 15) is 0 Å². The van der Waals surface area contributed by atoms with E-state index in [-0.39, 0.29) is 0 Å². The van der Waals surface area contributed by atoms with Crippen LogP contribution in [0.3, 0.4) is 0 Å². The van der Waals surface area contributed by atoms with Gasteiger partial charge in [-0.25, -0.2) is 4.09 Å². The van der Waals surface area contributed by atoms with Crippen molar-refractivity contribution in [2.75, 3.05) is 0 Å². The molecule has 1 heterocycles. The Balaban J connectivity index is 2.74. The highest BCUT2D eigenvalue weighted by Crippen LogP contribution is 1.96. The van der Waals surface area contributed by atoms with Gasteiger partial charge in [-0.2, -0.15) is 5.10 Å². The lowest BCUT2D eigenvalue weighted by atomic mass is 10.2. The summed E-state index contributed by atoms with van der Waals surface area (Å²) in [6.07, 6.45) is 3.47. The van der Waals surface area contributed by atoms with E-state index < -0.39 is 0 Å². The minimum atomic E-state index is 0.401. The van der Waals surface area contributed by atoms with Crippen molar-refractivity contribution in [1.29, 1.82) is 0 Å². The average Bonchev–Trinajstić information content (AvgIpc) is 2.31. The van der Waals surface area contributed by atoms with Crippen LogP contribution in [0.1, 0.15) is 19.4 Å². The highest BCUT2D eigenvalue weighted by Gasteiger charge is 1.89. The van der Waals surface area contributed by atoms with Crippen molar-refractivity contribution in [2.45, 2.75) is 13.8 Å². The highest BCUT2D eigenvalue weighted by molar-refractivity contribution is 7.78. The predicted molar refractivity (Wildman–Crippen MR) is 48.3 cm³/mol. The van der Waals surface area contributed by atoms with Crippen LogP contribution in [0.15, 0.2) is 12.4 Å². The molecule has 1 aromatic heterocycles. The summed E-state index contributed by atoms with van der Waals surface area (Å²) in [5.74, 6) is 6.42. The maximum Gasteiger partial charge on any atom is 0.0657 e. The molecule has 0 unspecified atom stereocenters. The molecule has 11 heavy (non-hydrogen) atoms. The fraction of sp³-hybridized carbons (Fsp3) is 0.375. The van der Waals surface area contributed by atoms with Gasteiger partial charge in [-0.1, -0.05) is 25.7 Å². The van der Waals surface area contributed by atoms with E-state index in [1.165, 1.54) is 4.09 Å². The summed E-state index contributed by atoms with van der Waals surface area (Å²) in [7, 11) is 0. The minimum absolute atomic E-state index is 0.401. The van der Waals surface area contributed by atoms with E-state index in [2.05, 4.69) is 43.6 Å². The smallest absolute Gasteiger partial charge is 0.0657 e. The van der Waals surface area contributed by atoms with Gasteiger partial charge in [0.25, 0.3) is 0 Å². The monoisotopic (exact) mass is 166 g/mol. The Morgan fingerprint density at radius 2 is 2.36 bits per heavy atom. The van der Waals surface area contributed by atoms with Gasteiger partial charge in [0.1, 0.15) is 0 Å². The summed E-state index contributed by atoms with van der Waals surface area (Å²) in [5.41, 5.74) is 0.911. The number of nitrogens with zero attached hydrogens (tertiary/aromatic N) is 2. The molecule has 0 aliphatic rings. The van der Waals surface area contributed by atoms with E-state index in [1.54, 1.807) is 12.4 Å². The fourth-order valence-corrected chi connectivity index (χ4v) is 0.781. The Labute approximate surface area is 72.2 Å². The van der Waals surface area contributed by atoms with Crippen molar-refractivity contribution >= 4 is 12.8 Å². The molecule has 2 nitrogen and oxygen atoms in total. The molecule has 0 fully saturated rings. The van der Waals surface area contributed by atoms with E-state index in [0.717, 1.165) is 5.56 Å². The van der Waals surface area contributed by atoms with E-state index in [1.807, 2.05) is 0 Å². The number of rotatable bonds is 0. The van der Waals surface area contributed by atoms with Crippen LogP contribution in [0, 0.1) is 17.8 Å². The number of aromatic nitrogens is 2. The zero-order valence-electron chi connectivity index (χ0n) is 6.57. The van der Waals surface area contributed by atoms with Crippen LogP contribution in [0.4, 0.5) is 0 Å². The molecule has 0 amide bonds. The lowest BCUT2D eigenvalue weighted by Gasteiger charge is -1.84. The van der Waals surface area contributed by atoms with E-state index >= 15 is 0 Å². The molecule has 0 N–H and O–H groups in total. The summed E-state index contributed by atoms with van der Waals surface area (Å²) in [5, 5.41) is 3.87. The standard InChI is InChI=1S/C8H10N2S/c1-7(2)3-4-8-5-9-10(11)6-8/h5-7,11H,1-2H3. The average molecular weight is 166 g/mol. The fourth-order valence-electron chi connectivity index (χ4n) is 0.605. The number of thiol groups is 1. The Hall–Kier alpha value is -0.880. The van der Waals surface area contributed by atoms with Crippen LogP contribution in [-0.4, -0.2) is 9.19 Å². The predicted octanol–water partition coefficient (Wildman–Crippen LogP) is 1.58. The Kier molecular flexibility index (Phi) is 2.61. The van der Waals surface area contributed by atoms with Crippen LogP contribution in [0.25, 0.3) is 0 Å². The molecular formula is C8H10N2S. The van der Waals surface area contributed by atoms with Gasteiger partial charge < -0.3 is 0 Å². The van der Waals surface area contributed by atoms with Crippen LogP contribution in [0.2, 0.25) is 0 Å². The molecule has 58 valence electrons. The first kappa shape index (κ1) is 8.22. The molecule has 0 aliphatic heterocycles. The Bertz CT molecular complexity index is 291. The largest absolute Gasteiger partial charge is 0.216 e. The zero-order chi connectivity index (χ0) is 8.27. The lowest BCUT2D eigenvalue weighted by molar-refractivity contribution is 0.866. The summed E-state index contributed by atoms with van der Waals surface area (Å²) in [6, 6.07) is 0. The first-order valence-electron chi connectivity index (χ1n) is 3.44. The van der Waals surface area contributed by atoms with Gasteiger partial charge in [-0.05, 0) is 12.8 Å². The summed E-state index contributed by atoms with van der Waals surface area (Å²) in [6.45, 7) is 4.11. The van der Waals surface area contributed by atoms with Gasteiger partial charge in [0.05, 0.1) is 18.0 Å². The van der Waals surface area contributed by atoms with Crippen molar-refractivity contribution in [3.63, 3.8) is 0 Å². The van der Waals surface area contributed by atoms with Crippen LogP contribution < -0.4 is 0 Å². The maximum absolute atomic E-state index is 3.99. The third-order valence-corrected chi connectivity index (χ3v) is 1.29. The first-order valence-corrected chi connectivity index (χ1v) is 3.84. The highest BCUT2D eigenvalue weighted by atomic mass is 32.1. The van der Waals surface area contributed by atoms with Gasteiger partial charge in [-0.15, -0.1) is 0 Å². The molecule has 0 radical (unpaired) electrons. The van der Waals surface area contributed by atoms with E-state index in [0.29, 0.717) is 5.92 Å². The number of hydrogen-bond acceptors (Lipinski definition) is 2. The quantitative estimate of drug-likeness (QED) is 0.457. The lowest BCUT2D eigenvalue weighted by Crippen LogP contribution is -1.77. The second-order valence-corrected chi connectivity index (χ2v) is 2.98. The van der Waals surface area contributed by atoms with E-state index in [4.69, 9.17) is 0 Å². The molecule has 0 atom stereocenters. The van der Waals surface area contributed by atoms with Gasteiger partial charge in [0.2, 0.25) is 0 Å². The van der Waals surface area contributed by atoms with Crippen molar-refractivity contribution in [3.05, 3.63) is 18.0 Å². The van der Waals surface area contributed by atoms with Crippen LogP contribution in [-0.2, 0) is 0 Å². The van der Waals surface area contributed by atoms with Gasteiger partial charge in [-0.3, -0.25) is 0 Å². The van der Waals surface area contributed by atoms with Gasteiger partial charge in [0, 0.05) is 5.92 Å². The summed E-state index contributed by atoms with van der Waals surface area (Å²) in [4.78, 5) is 0. The molecule has 0 bridgehead atoms. The Morgan fingerprint density at radius 3 is 2.82 bits per heavy atom. The third kappa shape index (κ3) is 2.69. The second kappa shape index (κ2) is 3.49. The second-order valence-electron chi connectivity index (χ2n) is 2.57. The molecule has 0 saturated carbocycles. The molecular weight excluding hydrogens is 156 g/mol. The SMILES string of the molecule is CC(C)C#Cc1cnn(S)c1. The van der Waals surface area contributed by atoms with Crippen molar-refractivity contribution in [1.82, 2.24) is 9.19 Å². The van der Waals surface area contributed by atoms with Crippen LogP contribution in [0.5, 0.6) is 0 Å². The molecule has 0 aliphatic carbocycles. The molecule has 0 saturated heterocycles. The van der Waals surface area contributed by atoms with Crippen LogP contribution >= 0.6 is 12.8 Å². The topological polar surface area (TPSA) is 17.8 Å². The molecule has 0 aromatic carbocycles. The molecule has 1 aromatic rings. The summed E-state index contributed by atoms with van der Waals surface area (Å²) >= 11 is 3.99. The van der Waals surface area contributed by atoms with Crippen molar-refractivity contribution in [2.24, 2.45) is 5.92 Å².